The number of hydrogen-bond donors (Lipinski definition) is 1. The van der Waals surface area contributed by atoms with Crippen LogP contribution in [0.1, 0.15) is 18.4 Å². The maximum Gasteiger partial charge on any atom is 0.250 e. The second-order valence-electron chi connectivity index (χ2n) is 4.39. The molecule has 1 aliphatic carbocycles. The van der Waals surface area contributed by atoms with Gasteiger partial charge in [0.25, 0.3) is 0 Å². The van der Waals surface area contributed by atoms with Gasteiger partial charge in [0.15, 0.2) is 0 Å². The van der Waals surface area contributed by atoms with Crippen molar-refractivity contribution in [2.45, 2.75) is 29.1 Å². The molecule has 1 nitrogen and oxygen atoms in total. The highest BCUT2D eigenvalue weighted by molar-refractivity contribution is 7.98. The fourth-order valence-electron chi connectivity index (χ4n) is 2.47. The van der Waals surface area contributed by atoms with Crippen LogP contribution in [0.2, 0.25) is 0 Å². The van der Waals surface area contributed by atoms with E-state index in [0.29, 0.717) is 6.54 Å². The first-order valence-electron chi connectivity index (χ1n) is 5.24. The van der Waals surface area contributed by atoms with Crippen LogP contribution in [0.4, 0.5) is 8.78 Å². The van der Waals surface area contributed by atoms with Crippen molar-refractivity contribution in [2.24, 2.45) is 5.73 Å². The van der Waals surface area contributed by atoms with Crippen LogP contribution in [-0.4, -0.2) is 18.7 Å². The van der Waals surface area contributed by atoms with Crippen molar-refractivity contribution in [3.05, 3.63) is 29.8 Å². The van der Waals surface area contributed by atoms with E-state index in [0.717, 1.165) is 10.5 Å². The van der Waals surface area contributed by atoms with Gasteiger partial charge in [0.2, 0.25) is 5.92 Å². The second kappa shape index (κ2) is 4.00. The Morgan fingerprint density at radius 1 is 1.31 bits per heavy atom. The monoisotopic (exact) mass is 243 g/mol. The highest BCUT2D eigenvalue weighted by Gasteiger charge is 2.57. The Hall–Kier alpha value is -0.610. The van der Waals surface area contributed by atoms with Crippen molar-refractivity contribution in [1.29, 1.82) is 0 Å². The van der Waals surface area contributed by atoms with E-state index in [9.17, 15) is 8.78 Å². The quantitative estimate of drug-likeness (QED) is 0.826. The normalized spacial score (nSPS) is 21.5. The highest BCUT2D eigenvalue weighted by atomic mass is 32.2. The van der Waals surface area contributed by atoms with Gasteiger partial charge in [-0.3, -0.25) is 0 Å². The molecule has 0 unspecified atom stereocenters. The van der Waals surface area contributed by atoms with Crippen molar-refractivity contribution < 1.29 is 8.78 Å². The number of alkyl halides is 2. The molecule has 0 spiro atoms. The SMILES string of the molecule is CSc1ccccc1C1(CN)CC(F)(F)C1. The van der Waals surface area contributed by atoms with Crippen LogP contribution in [0.15, 0.2) is 29.2 Å². The van der Waals surface area contributed by atoms with E-state index in [2.05, 4.69) is 0 Å². The molecule has 1 saturated carbocycles. The lowest BCUT2D eigenvalue weighted by Crippen LogP contribution is -2.53. The standard InChI is InChI=1S/C12H15F2NS/c1-16-10-5-3-2-4-9(10)11(8-15)6-12(13,14)7-11/h2-5H,6-8,15H2,1H3. The van der Waals surface area contributed by atoms with Crippen molar-refractivity contribution >= 4 is 11.8 Å². The van der Waals surface area contributed by atoms with Gasteiger partial charge in [0.1, 0.15) is 0 Å². The zero-order valence-electron chi connectivity index (χ0n) is 9.17. The lowest BCUT2D eigenvalue weighted by atomic mass is 9.62. The fraction of sp³-hybridized carbons (Fsp3) is 0.500. The van der Waals surface area contributed by atoms with E-state index < -0.39 is 11.3 Å². The Morgan fingerprint density at radius 3 is 2.44 bits per heavy atom. The van der Waals surface area contributed by atoms with E-state index in [1.165, 1.54) is 0 Å². The van der Waals surface area contributed by atoms with Gasteiger partial charge < -0.3 is 5.73 Å². The third kappa shape index (κ3) is 1.84. The molecule has 0 radical (unpaired) electrons. The molecule has 1 aliphatic rings. The summed E-state index contributed by atoms with van der Waals surface area (Å²) in [6.45, 7) is 0.292. The summed E-state index contributed by atoms with van der Waals surface area (Å²) >= 11 is 1.59. The molecule has 0 atom stereocenters. The van der Waals surface area contributed by atoms with Crippen molar-refractivity contribution in [1.82, 2.24) is 0 Å². The lowest BCUT2D eigenvalue weighted by Gasteiger charge is -2.47. The molecule has 0 bridgehead atoms. The van der Waals surface area contributed by atoms with Crippen LogP contribution in [0.5, 0.6) is 0 Å². The lowest BCUT2D eigenvalue weighted by molar-refractivity contribution is -0.124. The first-order valence-corrected chi connectivity index (χ1v) is 6.47. The Kier molecular flexibility index (Phi) is 2.97. The average molecular weight is 243 g/mol. The molecule has 1 aromatic carbocycles. The number of halogens is 2. The van der Waals surface area contributed by atoms with Gasteiger partial charge >= 0.3 is 0 Å². The average Bonchev–Trinajstić information content (AvgIpc) is 2.25. The number of benzene rings is 1. The Morgan fingerprint density at radius 2 is 1.94 bits per heavy atom. The minimum Gasteiger partial charge on any atom is -0.330 e. The molecule has 0 heterocycles. The van der Waals surface area contributed by atoms with E-state index in [-0.39, 0.29) is 12.8 Å². The van der Waals surface area contributed by atoms with Crippen LogP contribution in [-0.2, 0) is 5.41 Å². The number of rotatable bonds is 3. The number of thioether (sulfide) groups is 1. The molecular formula is C12H15F2NS. The Labute approximate surface area is 98.4 Å². The molecule has 2 rings (SSSR count). The molecule has 1 fully saturated rings. The minimum atomic E-state index is -2.54. The Balaban J connectivity index is 2.35. The first kappa shape index (κ1) is 11.9. The molecule has 88 valence electrons. The number of nitrogens with two attached hydrogens (primary N) is 1. The first-order chi connectivity index (χ1) is 7.53. The van der Waals surface area contributed by atoms with Gasteiger partial charge in [0.05, 0.1) is 0 Å². The van der Waals surface area contributed by atoms with Gasteiger partial charge in [-0.05, 0) is 17.9 Å². The molecule has 0 amide bonds. The van der Waals surface area contributed by atoms with E-state index >= 15 is 0 Å². The topological polar surface area (TPSA) is 26.0 Å². The van der Waals surface area contributed by atoms with Crippen molar-refractivity contribution in [3.63, 3.8) is 0 Å². The van der Waals surface area contributed by atoms with E-state index in [1.807, 2.05) is 30.5 Å². The zero-order valence-corrected chi connectivity index (χ0v) is 9.99. The van der Waals surface area contributed by atoms with Crippen LogP contribution in [0.3, 0.4) is 0 Å². The molecule has 0 aromatic heterocycles. The van der Waals surface area contributed by atoms with Crippen molar-refractivity contribution in [3.8, 4) is 0 Å². The van der Waals surface area contributed by atoms with Crippen LogP contribution in [0, 0.1) is 0 Å². The smallest absolute Gasteiger partial charge is 0.250 e. The largest absolute Gasteiger partial charge is 0.330 e. The zero-order chi connectivity index (χ0) is 11.8. The van der Waals surface area contributed by atoms with E-state index in [4.69, 9.17) is 5.73 Å². The summed E-state index contributed by atoms with van der Waals surface area (Å²) < 4.78 is 26.2. The summed E-state index contributed by atoms with van der Waals surface area (Å²) in [4.78, 5) is 1.06. The molecule has 0 aliphatic heterocycles. The predicted molar refractivity (Wildman–Crippen MR) is 63.1 cm³/mol. The highest BCUT2D eigenvalue weighted by Crippen LogP contribution is 2.54. The molecule has 0 saturated heterocycles. The van der Waals surface area contributed by atoms with Crippen LogP contribution < -0.4 is 5.73 Å². The van der Waals surface area contributed by atoms with Gasteiger partial charge in [-0.1, -0.05) is 18.2 Å². The van der Waals surface area contributed by atoms with Crippen molar-refractivity contribution in [2.75, 3.05) is 12.8 Å². The van der Waals surface area contributed by atoms with Gasteiger partial charge in [0, 0.05) is 29.7 Å². The minimum absolute atomic E-state index is 0.117. The Bertz CT molecular complexity index is 384. The number of hydrogen-bond acceptors (Lipinski definition) is 2. The van der Waals surface area contributed by atoms with E-state index in [1.54, 1.807) is 11.8 Å². The fourth-order valence-corrected chi connectivity index (χ4v) is 3.18. The molecule has 16 heavy (non-hydrogen) atoms. The molecular weight excluding hydrogens is 228 g/mol. The van der Waals surface area contributed by atoms with Gasteiger partial charge in [-0.25, -0.2) is 8.78 Å². The molecule has 4 heteroatoms. The summed E-state index contributed by atoms with van der Waals surface area (Å²) in [5.41, 5.74) is 6.17. The third-order valence-electron chi connectivity index (χ3n) is 3.26. The maximum atomic E-state index is 13.1. The summed E-state index contributed by atoms with van der Waals surface area (Å²) in [7, 11) is 0. The second-order valence-corrected chi connectivity index (χ2v) is 5.24. The van der Waals surface area contributed by atoms with Gasteiger partial charge in [-0.2, -0.15) is 0 Å². The summed E-state index contributed by atoms with van der Waals surface area (Å²) in [5.74, 6) is -2.54. The van der Waals surface area contributed by atoms with Crippen LogP contribution >= 0.6 is 11.8 Å². The summed E-state index contributed by atoms with van der Waals surface area (Å²) in [6, 6.07) is 7.71. The van der Waals surface area contributed by atoms with Gasteiger partial charge in [-0.15, -0.1) is 11.8 Å². The third-order valence-corrected chi connectivity index (χ3v) is 4.06. The summed E-state index contributed by atoms with van der Waals surface area (Å²) in [6.07, 6.45) is 1.72. The molecule has 2 N–H and O–H groups in total. The summed E-state index contributed by atoms with van der Waals surface area (Å²) in [5, 5.41) is 0. The predicted octanol–water partition coefficient (Wildman–Crippen LogP) is 3.03. The van der Waals surface area contributed by atoms with Crippen LogP contribution in [0.25, 0.3) is 0 Å². The maximum absolute atomic E-state index is 13.1. The molecule has 1 aromatic rings.